The highest BCUT2D eigenvalue weighted by molar-refractivity contribution is 5.31. The van der Waals surface area contributed by atoms with Crippen molar-refractivity contribution in [1.82, 2.24) is 4.98 Å². The van der Waals surface area contributed by atoms with E-state index >= 15 is 0 Å². The first-order valence-electron chi connectivity index (χ1n) is 8.97. The zero-order chi connectivity index (χ0) is 15.7. The molecular weight excluding hydrogens is 254 g/mol. The number of rotatable bonds is 10. The molecule has 0 saturated carbocycles. The molecule has 120 valence electrons. The van der Waals surface area contributed by atoms with Crippen LogP contribution in [0.2, 0.25) is 0 Å². The van der Waals surface area contributed by atoms with E-state index in [1.807, 2.05) is 0 Å². The van der Waals surface area contributed by atoms with Gasteiger partial charge in [0.2, 0.25) is 0 Å². The Kier molecular flexibility index (Phi) is 8.00. The Morgan fingerprint density at radius 2 is 1.52 bits per heavy atom. The lowest BCUT2D eigenvalue weighted by Gasteiger charge is -2.32. The fourth-order valence-corrected chi connectivity index (χ4v) is 3.41. The first-order valence-corrected chi connectivity index (χ1v) is 8.97. The fraction of sp³-hybridized carbons (Fsp3) is 0.750. The van der Waals surface area contributed by atoms with Crippen LogP contribution in [0.25, 0.3) is 0 Å². The Bertz CT molecular complexity index is 410. The van der Waals surface area contributed by atoms with Gasteiger partial charge < -0.3 is 0 Å². The summed E-state index contributed by atoms with van der Waals surface area (Å²) in [7, 11) is 0. The van der Waals surface area contributed by atoms with Crippen molar-refractivity contribution in [3.63, 3.8) is 0 Å². The van der Waals surface area contributed by atoms with Gasteiger partial charge in [0.25, 0.3) is 0 Å². The van der Waals surface area contributed by atoms with E-state index in [1.165, 1.54) is 68.9 Å². The van der Waals surface area contributed by atoms with Crippen molar-refractivity contribution < 1.29 is 0 Å². The Morgan fingerprint density at radius 1 is 0.905 bits per heavy atom. The van der Waals surface area contributed by atoms with Gasteiger partial charge in [-0.2, -0.15) is 0 Å². The second-order valence-corrected chi connectivity index (χ2v) is 6.97. The summed E-state index contributed by atoms with van der Waals surface area (Å²) in [4.78, 5) is 4.57. The monoisotopic (exact) mass is 289 g/mol. The number of aryl methyl sites for hydroxylation is 2. The molecule has 0 spiro atoms. The molecule has 0 amide bonds. The molecule has 1 heterocycles. The first kappa shape index (κ1) is 18.2. The van der Waals surface area contributed by atoms with E-state index in [0.717, 1.165) is 5.69 Å². The highest BCUT2D eigenvalue weighted by Crippen LogP contribution is 2.36. The van der Waals surface area contributed by atoms with Crippen molar-refractivity contribution in [3.05, 3.63) is 29.1 Å². The molecule has 0 saturated heterocycles. The number of aromatic nitrogens is 1. The van der Waals surface area contributed by atoms with Crippen LogP contribution in [0.5, 0.6) is 0 Å². The van der Waals surface area contributed by atoms with Crippen molar-refractivity contribution in [2.24, 2.45) is 0 Å². The van der Waals surface area contributed by atoms with Gasteiger partial charge in [-0.25, -0.2) is 0 Å². The highest BCUT2D eigenvalue weighted by atomic mass is 14.7. The largest absolute Gasteiger partial charge is 0.261 e. The molecule has 0 N–H and O–H groups in total. The highest BCUT2D eigenvalue weighted by Gasteiger charge is 2.27. The standard InChI is InChI=1S/C20H35N/c1-6-8-10-11-12-14-20(5,13-9-7-2)19-16-21-18(4)15-17(19)3/h15-16H,6-14H2,1-5H3. The van der Waals surface area contributed by atoms with Crippen molar-refractivity contribution in [3.8, 4) is 0 Å². The second-order valence-electron chi connectivity index (χ2n) is 6.97. The van der Waals surface area contributed by atoms with Crippen LogP contribution in [-0.2, 0) is 5.41 Å². The van der Waals surface area contributed by atoms with Gasteiger partial charge in [0.05, 0.1) is 0 Å². The molecule has 1 atom stereocenters. The Hall–Kier alpha value is -0.850. The van der Waals surface area contributed by atoms with Crippen LogP contribution in [0.1, 0.15) is 95.4 Å². The van der Waals surface area contributed by atoms with Crippen LogP contribution < -0.4 is 0 Å². The summed E-state index contributed by atoms with van der Waals surface area (Å²) in [5.74, 6) is 0. The molecule has 0 aromatic carbocycles. The summed E-state index contributed by atoms with van der Waals surface area (Å²) < 4.78 is 0. The Balaban J connectivity index is 2.76. The molecule has 1 aromatic heterocycles. The van der Waals surface area contributed by atoms with E-state index in [1.54, 1.807) is 0 Å². The molecule has 0 bridgehead atoms. The van der Waals surface area contributed by atoms with Gasteiger partial charge in [-0.05, 0) is 49.3 Å². The van der Waals surface area contributed by atoms with E-state index in [4.69, 9.17) is 0 Å². The number of unbranched alkanes of at least 4 members (excludes halogenated alkanes) is 5. The van der Waals surface area contributed by atoms with Crippen molar-refractivity contribution in [2.75, 3.05) is 0 Å². The normalized spacial score (nSPS) is 14.1. The van der Waals surface area contributed by atoms with Gasteiger partial charge in [0.15, 0.2) is 0 Å². The topological polar surface area (TPSA) is 12.9 Å². The zero-order valence-electron chi connectivity index (χ0n) is 15.0. The number of nitrogens with zero attached hydrogens (tertiary/aromatic N) is 1. The molecule has 1 heteroatoms. The van der Waals surface area contributed by atoms with Crippen LogP contribution in [-0.4, -0.2) is 4.98 Å². The predicted octanol–water partition coefficient (Wildman–Crippen LogP) is 6.51. The van der Waals surface area contributed by atoms with Crippen molar-refractivity contribution in [1.29, 1.82) is 0 Å². The maximum atomic E-state index is 4.57. The molecule has 1 unspecified atom stereocenters. The van der Waals surface area contributed by atoms with Crippen LogP contribution in [0.3, 0.4) is 0 Å². The van der Waals surface area contributed by atoms with Gasteiger partial charge in [-0.3, -0.25) is 4.98 Å². The van der Waals surface area contributed by atoms with E-state index < -0.39 is 0 Å². The summed E-state index contributed by atoms with van der Waals surface area (Å²) in [5.41, 5.74) is 4.36. The van der Waals surface area contributed by atoms with Crippen LogP contribution in [0.15, 0.2) is 12.3 Å². The first-order chi connectivity index (χ1) is 10.0. The summed E-state index contributed by atoms with van der Waals surface area (Å²) in [6, 6.07) is 2.25. The minimum Gasteiger partial charge on any atom is -0.261 e. The van der Waals surface area contributed by atoms with Gasteiger partial charge >= 0.3 is 0 Å². The van der Waals surface area contributed by atoms with Crippen LogP contribution in [0.4, 0.5) is 0 Å². The fourth-order valence-electron chi connectivity index (χ4n) is 3.41. The van der Waals surface area contributed by atoms with Crippen molar-refractivity contribution >= 4 is 0 Å². The average Bonchev–Trinajstić information content (AvgIpc) is 2.45. The van der Waals surface area contributed by atoms with Gasteiger partial charge in [-0.15, -0.1) is 0 Å². The molecular formula is C20H35N. The molecule has 1 rings (SSSR count). The molecule has 0 aliphatic carbocycles. The molecule has 0 aliphatic rings. The third-order valence-corrected chi connectivity index (χ3v) is 4.81. The number of hydrogen-bond donors (Lipinski definition) is 0. The quantitative estimate of drug-likeness (QED) is 0.447. The Morgan fingerprint density at radius 3 is 2.14 bits per heavy atom. The van der Waals surface area contributed by atoms with Crippen LogP contribution >= 0.6 is 0 Å². The zero-order valence-corrected chi connectivity index (χ0v) is 15.0. The SMILES string of the molecule is CCCCCCCC(C)(CCCC)c1cnc(C)cc1C. The molecule has 0 fully saturated rings. The molecule has 1 aromatic rings. The maximum absolute atomic E-state index is 4.57. The smallest absolute Gasteiger partial charge is 0.0375 e. The summed E-state index contributed by atoms with van der Waals surface area (Å²) in [6.45, 7) is 11.4. The molecule has 21 heavy (non-hydrogen) atoms. The van der Waals surface area contributed by atoms with Gasteiger partial charge in [0.1, 0.15) is 0 Å². The minimum atomic E-state index is 0.313. The minimum absolute atomic E-state index is 0.313. The van der Waals surface area contributed by atoms with Gasteiger partial charge in [0, 0.05) is 11.9 Å². The van der Waals surface area contributed by atoms with Crippen LogP contribution in [0, 0.1) is 13.8 Å². The second kappa shape index (κ2) is 9.23. The molecule has 0 aliphatic heterocycles. The van der Waals surface area contributed by atoms with E-state index in [0.29, 0.717) is 5.41 Å². The lowest BCUT2D eigenvalue weighted by molar-refractivity contribution is 0.366. The third-order valence-electron chi connectivity index (χ3n) is 4.81. The molecule has 0 radical (unpaired) electrons. The van der Waals surface area contributed by atoms with Gasteiger partial charge in [-0.1, -0.05) is 65.7 Å². The lowest BCUT2D eigenvalue weighted by Crippen LogP contribution is -2.23. The molecule has 1 nitrogen and oxygen atoms in total. The number of hydrogen-bond acceptors (Lipinski definition) is 1. The maximum Gasteiger partial charge on any atom is 0.0375 e. The average molecular weight is 290 g/mol. The summed E-state index contributed by atoms with van der Waals surface area (Å²) in [6.07, 6.45) is 14.2. The summed E-state index contributed by atoms with van der Waals surface area (Å²) in [5, 5.41) is 0. The van der Waals surface area contributed by atoms with E-state index in [9.17, 15) is 0 Å². The van der Waals surface area contributed by atoms with E-state index in [-0.39, 0.29) is 0 Å². The van der Waals surface area contributed by atoms with E-state index in [2.05, 4.69) is 51.9 Å². The lowest BCUT2D eigenvalue weighted by atomic mass is 9.73. The number of pyridine rings is 1. The predicted molar refractivity (Wildman–Crippen MR) is 94.0 cm³/mol. The summed E-state index contributed by atoms with van der Waals surface area (Å²) >= 11 is 0. The van der Waals surface area contributed by atoms with Crippen molar-refractivity contribution in [2.45, 2.75) is 97.8 Å². The third kappa shape index (κ3) is 5.80. The Labute approximate surface area is 132 Å².